The highest BCUT2D eigenvalue weighted by Crippen LogP contribution is 2.44. The SMILES string of the molecule is CN1CC2CCCC(c3ccccc3)C2C1. The average Bonchev–Trinajstić information content (AvgIpc) is 2.70. The maximum Gasteiger partial charge on any atom is 0.00157 e. The molecule has 86 valence electrons. The monoisotopic (exact) mass is 215 g/mol. The summed E-state index contributed by atoms with van der Waals surface area (Å²) in [5.41, 5.74) is 1.58. The minimum atomic E-state index is 0.824. The van der Waals surface area contributed by atoms with Crippen molar-refractivity contribution in [1.82, 2.24) is 4.90 Å². The molecule has 0 amide bonds. The second kappa shape index (κ2) is 4.21. The Morgan fingerprint density at radius 2 is 1.88 bits per heavy atom. The minimum absolute atomic E-state index is 0.824. The van der Waals surface area contributed by atoms with Gasteiger partial charge in [-0.25, -0.2) is 0 Å². The molecule has 1 heterocycles. The Hall–Kier alpha value is -0.820. The van der Waals surface area contributed by atoms with Crippen molar-refractivity contribution in [2.45, 2.75) is 25.2 Å². The van der Waals surface area contributed by atoms with E-state index in [0.29, 0.717) is 0 Å². The van der Waals surface area contributed by atoms with Crippen LogP contribution in [-0.2, 0) is 0 Å². The van der Waals surface area contributed by atoms with Crippen LogP contribution in [0.15, 0.2) is 30.3 Å². The normalized spacial score (nSPS) is 34.9. The summed E-state index contributed by atoms with van der Waals surface area (Å²) in [6.45, 7) is 2.64. The van der Waals surface area contributed by atoms with Crippen molar-refractivity contribution >= 4 is 0 Å². The molecule has 16 heavy (non-hydrogen) atoms. The van der Waals surface area contributed by atoms with Crippen molar-refractivity contribution in [3.05, 3.63) is 35.9 Å². The summed E-state index contributed by atoms with van der Waals surface area (Å²) in [7, 11) is 2.28. The van der Waals surface area contributed by atoms with Gasteiger partial charge in [0, 0.05) is 13.1 Å². The van der Waals surface area contributed by atoms with Crippen molar-refractivity contribution in [2.24, 2.45) is 11.8 Å². The number of hydrogen-bond acceptors (Lipinski definition) is 1. The van der Waals surface area contributed by atoms with Crippen molar-refractivity contribution in [1.29, 1.82) is 0 Å². The van der Waals surface area contributed by atoms with Crippen molar-refractivity contribution < 1.29 is 0 Å². The van der Waals surface area contributed by atoms with Crippen LogP contribution in [0.2, 0.25) is 0 Å². The first kappa shape index (κ1) is 10.3. The van der Waals surface area contributed by atoms with E-state index in [9.17, 15) is 0 Å². The third kappa shape index (κ3) is 1.78. The third-order valence-electron chi connectivity index (χ3n) is 4.51. The molecule has 1 saturated carbocycles. The highest BCUT2D eigenvalue weighted by molar-refractivity contribution is 5.22. The fourth-order valence-electron chi connectivity index (χ4n) is 3.81. The number of fused-ring (bicyclic) bond motifs is 1. The zero-order chi connectivity index (χ0) is 11.0. The number of nitrogens with zero attached hydrogens (tertiary/aromatic N) is 1. The summed E-state index contributed by atoms with van der Waals surface area (Å²) >= 11 is 0. The Morgan fingerprint density at radius 3 is 2.69 bits per heavy atom. The smallest absolute Gasteiger partial charge is 0.00157 e. The average molecular weight is 215 g/mol. The molecular formula is C15H21N. The number of benzene rings is 1. The van der Waals surface area contributed by atoms with Crippen LogP contribution in [-0.4, -0.2) is 25.0 Å². The van der Waals surface area contributed by atoms with E-state index in [1.165, 1.54) is 32.4 Å². The maximum absolute atomic E-state index is 2.52. The largest absolute Gasteiger partial charge is 0.306 e. The summed E-state index contributed by atoms with van der Waals surface area (Å²) in [5.74, 6) is 2.70. The highest BCUT2D eigenvalue weighted by Gasteiger charge is 2.39. The van der Waals surface area contributed by atoms with Crippen molar-refractivity contribution in [2.75, 3.05) is 20.1 Å². The molecule has 1 heteroatoms. The molecule has 1 nitrogen and oxygen atoms in total. The van der Waals surface area contributed by atoms with Crippen LogP contribution >= 0.6 is 0 Å². The number of hydrogen-bond donors (Lipinski definition) is 0. The van der Waals surface area contributed by atoms with Gasteiger partial charge in [0.05, 0.1) is 0 Å². The fraction of sp³-hybridized carbons (Fsp3) is 0.600. The van der Waals surface area contributed by atoms with E-state index in [-0.39, 0.29) is 0 Å². The molecule has 1 saturated heterocycles. The van der Waals surface area contributed by atoms with Gasteiger partial charge in [0.2, 0.25) is 0 Å². The van der Waals surface area contributed by atoms with E-state index in [1.807, 2.05) is 0 Å². The minimum Gasteiger partial charge on any atom is -0.306 e. The molecule has 1 aromatic rings. The van der Waals surface area contributed by atoms with Gasteiger partial charge in [-0.2, -0.15) is 0 Å². The lowest BCUT2D eigenvalue weighted by molar-refractivity contribution is 0.258. The van der Waals surface area contributed by atoms with Gasteiger partial charge in [-0.1, -0.05) is 36.8 Å². The molecule has 3 rings (SSSR count). The third-order valence-corrected chi connectivity index (χ3v) is 4.51. The van der Waals surface area contributed by atoms with Gasteiger partial charge in [0.15, 0.2) is 0 Å². The summed E-state index contributed by atoms with van der Waals surface area (Å²) in [4.78, 5) is 2.52. The molecule has 0 aromatic heterocycles. The van der Waals surface area contributed by atoms with Gasteiger partial charge in [-0.15, -0.1) is 0 Å². The van der Waals surface area contributed by atoms with E-state index in [4.69, 9.17) is 0 Å². The molecule has 2 fully saturated rings. The first-order valence-corrected chi connectivity index (χ1v) is 6.58. The lowest BCUT2D eigenvalue weighted by atomic mass is 9.71. The quantitative estimate of drug-likeness (QED) is 0.695. The Morgan fingerprint density at radius 1 is 1.06 bits per heavy atom. The molecule has 0 bridgehead atoms. The molecule has 3 atom stereocenters. The van der Waals surface area contributed by atoms with Crippen LogP contribution in [0.3, 0.4) is 0 Å². The van der Waals surface area contributed by atoms with E-state index < -0.39 is 0 Å². The molecule has 1 aliphatic heterocycles. The van der Waals surface area contributed by atoms with Gasteiger partial charge < -0.3 is 4.90 Å². The molecule has 2 aliphatic rings. The second-order valence-electron chi connectivity index (χ2n) is 5.59. The second-order valence-corrected chi connectivity index (χ2v) is 5.59. The van der Waals surface area contributed by atoms with Crippen LogP contribution in [0.5, 0.6) is 0 Å². The van der Waals surface area contributed by atoms with Gasteiger partial charge >= 0.3 is 0 Å². The first-order chi connectivity index (χ1) is 7.84. The van der Waals surface area contributed by atoms with E-state index in [1.54, 1.807) is 5.56 Å². The maximum atomic E-state index is 2.52. The summed E-state index contributed by atoms with van der Waals surface area (Å²) in [6, 6.07) is 11.2. The van der Waals surface area contributed by atoms with E-state index in [2.05, 4.69) is 42.3 Å². The van der Waals surface area contributed by atoms with Gasteiger partial charge in [0.1, 0.15) is 0 Å². The molecule has 1 aliphatic carbocycles. The standard InChI is InChI=1S/C15H21N/c1-16-10-13-8-5-9-14(15(13)11-16)12-6-3-2-4-7-12/h2-4,6-7,13-15H,5,8-11H2,1H3. The predicted octanol–water partition coefficient (Wildman–Crippen LogP) is 3.13. The van der Waals surface area contributed by atoms with Crippen molar-refractivity contribution in [3.8, 4) is 0 Å². The summed E-state index contributed by atoms with van der Waals surface area (Å²) in [6.07, 6.45) is 4.28. The Balaban J connectivity index is 1.85. The Kier molecular flexibility index (Phi) is 2.72. The van der Waals surface area contributed by atoms with Crippen LogP contribution in [0.1, 0.15) is 30.7 Å². The Labute approximate surface area is 98.5 Å². The topological polar surface area (TPSA) is 3.24 Å². The lowest BCUT2D eigenvalue weighted by Crippen LogP contribution is -2.25. The van der Waals surface area contributed by atoms with Crippen molar-refractivity contribution in [3.63, 3.8) is 0 Å². The molecule has 3 unspecified atom stereocenters. The molecule has 0 radical (unpaired) electrons. The lowest BCUT2D eigenvalue weighted by Gasteiger charge is -2.33. The van der Waals surface area contributed by atoms with Gasteiger partial charge in [0.25, 0.3) is 0 Å². The van der Waals surface area contributed by atoms with Crippen LogP contribution in [0.25, 0.3) is 0 Å². The van der Waals surface area contributed by atoms with Gasteiger partial charge in [-0.05, 0) is 43.2 Å². The van der Waals surface area contributed by atoms with Crippen LogP contribution in [0, 0.1) is 11.8 Å². The van der Waals surface area contributed by atoms with Crippen LogP contribution < -0.4 is 0 Å². The molecular weight excluding hydrogens is 194 g/mol. The van der Waals surface area contributed by atoms with Gasteiger partial charge in [-0.3, -0.25) is 0 Å². The molecule has 0 N–H and O–H groups in total. The molecule has 1 aromatic carbocycles. The Bertz CT molecular complexity index is 346. The number of rotatable bonds is 1. The summed E-state index contributed by atoms with van der Waals surface area (Å²) < 4.78 is 0. The number of likely N-dealkylation sites (tertiary alicyclic amines) is 1. The van der Waals surface area contributed by atoms with E-state index >= 15 is 0 Å². The predicted molar refractivity (Wildman–Crippen MR) is 67.5 cm³/mol. The van der Waals surface area contributed by atoms with Crippen LogP contribution in [0.4, 0.5) is 0 Å². The fourth-order valence-corrected chi connectivity index (χ4v) is 3.81. The molecule has 0 spiro atoms. The first-order valence-electron chi connectivity index (χ1n) is 6.58. The highest BCUT2D eigenvalue weighted by atomic mass is 15.1. The zero-order valence-corrected chi connectivity index (χ0v) is 10.1. The van der Waals surface area contributed by atoms with E-state index in [0.717, 1.165) is 17.8 Å². The zero-order valence-electron chi connectivity index (χ0n) is 10.1. The summed E-state index contributed by atoms with van der Waals surface area (Å²) in [5, 5.41) is 0.